The van der Waals surface area contributed by atoms with Crippen LogP contribution in [0, 0.1) is 11.6 Å². The first kappa shape index (κ1) is 10.9. The van der Waals surface area contributed by atoms with Crippen molar-refractivity contribution in [2.75, 3.05) is 11.9 Å². The molecular formula is C10H9F2N3S. The summed E-state index contributed by atoms with van der Waals surface area (Å²) in [7, 11) is 0. The lowest BCUT2D eigenvalue weighted by Gasteiger charge is -2.04. The summed E-state index contributed by atoms with van der Waals surface area (Å²) in [4.78, 5) is 7.71. The summed E-state index contributed by atoms with van der Waals surface area (Å²) in [6.45, 7) is 0.513. The third kappa shape index (κ3) is 2.73. The van der Waals surface area contributed by atoms with Gasteiger partial charge >= 0.3 is 0 Å². The zero-order valence-corrected chi connectivity index (χ0v) is 9.10. The van der Waals surface area contributed by atoms with Crippen molar-refractivity contribution >= 4 is 17.2 Å². The normalized spacial score (nSPS) is 10.4. The number of nitrogens with one attached hydrogen (secondary N) is 1. The van der Waals surface area contributed by atoms with Crippen molar-refractivity contribution in [3.63, 3.8) is 0 Å². The van der Waals surface area contributed by atoms with Crippen molar-refractivity contribution in [3.8, 4) is 0 Å². The van der Waals surface area contributed by atoms with Crippen LogP contribution in [0.4, 0.5) is 14.6 Å². The number of rotatable bonds is 4. The summed E-state index contributed by atoms with van der Waals surface area (Å²) < 4.78 is 25.7. The molecule has 2 heterocycles. The molecule has 0 saturated carbocycles. The van der Waals surface area contributed by atoms with Crippen molar-refractivity contribution in [3.05, 3.63) is 40.5 Å². The highest BCUT2D eigenvalue weighted by atomic mass is 32.1. The SMILES string of the molecule is Fc1cnc(NCCc2cscn2)c(F)c1. The topological polar surface area (TPSA) is 37.8 Å². The Morgan fingerprint density at radius 1 is 1.31 bits per heavy atom. The summed E-state index contributed by atoms with van der Waals surface area (Å²) >= 11 is 1.51. The van der Waals surface area contributed by atoms with E-state index in [2.05, 4.69) is 15.3 Å². The monoisotopic (exact) mass is 241 g/mol. The molecule has 0 aliphatic rings. The zero-order valence-electron chi connectivity index (χ0n) is 8.28. The van der Waals surface area contributed by atoms with Gasteiger partial charge in [-0.2, -0.15) is 0 Å². The van der Waals surface area contributed by atoms with Gasteiger partial charge in [0.15, 0.2) is 11.6 Å². The van der Waals surface area contributed by atoms with Gasteiger partial charge in [0, 0.05) is 24.4 Å². The molecule has 0 bridgehead atoms. The average Bonchev–Trinajstić information content (AvgIpc) is 2.74. The molecule has 0 radical (unpaired) electrons. The van der Waals surface area contributed by atoms with E-state index in [1.807, 2.05) is 5.38 Å². The quantitative estimate of drug-likeness (QED) is 0.893. The van der Waals surface area contributed by atoms with E-state index in [9.17, 15) is 8.78 Å². The molecule has 3 nitrogen and oxygen atoms in total. The molecule has 0 unspecified atom stereocenters. The lowest BCUT2D eigenvalue weighted by molar-refractivity contribution is 0.575. The maximum Gasteiger partial charge on any atom is 0.168 e. The first-order valence-electron chi connectivity index (χ1n) is 4.67. The van der Waals surface area contributed by atoms with Crippen molar-refractivity contribution in [2.24, 2.45) is 0 Å². The predicted octanol–water partition coefficient (Wildman–Crippen LogP) is 2.47. The molecule has 16 heavy (non-hydrogen) atoms. The van der Waals surface area contributed by atoms with E-state index >= 15 is 0 Å². The van der Waals surface area contributed by atoms with Crippen LogP contribution in [0.5, 0.6) is 0 Å². The standard InChI is InChI=1S/C10H9F2N3S/c11-7-3-9(12)10(14-4-7)13-2-1-8-5-16-6-15-8/h3-6H,1-2H2,(H,13,14). The Bertz CT molecular complexity index is 459. The molecule has 2 aromatic rings. The fraction of sp³-hybridized carbons (Fsp3) is 0.200. The predicted molar refractivity (Wildman–Crippen MR) is 58.5 cm³/mol. The fourth-order valence-electron chi connectivity index (χ4n) is 1.21. The Hall–Kier alpha value is -1.56. The zero-order chi connectivity index (χ0) is 11.4. The second-order valence-electron chi connectivity index (χ2n) is 3.14. The van der Waals surface area contributed by atoms with Crippen LogP contribution < -0.4 is 5.32 Å². The van der Waals surface area contributed by atoms with Crippen LogP contribution in [-0.2, 0) is 6.42 Å². The second-order valence-corrected chi connectivity index (χ2v) is 3.86. The number of anilines is 1. The van der Waals surface area contributed by atoms with Gasteiger partial charge in [-0.05, 0) is 0 Å². The molecule has 1 N–H and O–H groups in total. The van der Waals surface area contributed by atoms with E-state index in [0.29, 0.717) is 13.0 Å². The van der Waals surface area contributed by atoms with Gasteiger partial charge in [0.05, 0.1) is 17.4 Å². The maximum absolute atomic E-state index is 13.1. The number of hydrogen-bond donors (Lipinski definition) is 1. The first-order chi connectivity index (χ1) is 7.75. The van der Waals surface area contributed by atoms with Crippen molar-refractivity contribution in [2.45, 2.75) is 6.42 Å². The Balaban J connectivity index is 1.90. The minimum atomic E-state index is -0.682. The highest BCUT2D eigenvalue weighted by molar-refractivity contribution is 7.07. The third-order valence-corrected chi connectivity index (χ3v) is 2.60. The number of pyridine rings is 1. The van der Waals surface area contributed by atoms with E-state index in [1.54, 1.807) is 5.51 Å². The van der Waals surface area contributed by atoms with Crippen LogP contribution in [0.1, 0.15) is 5.69 Å². The van der Waals surface area contributed by atoms with Gasteiger partial charge in [0.1, 0.15) is 5.82 Å². The molecule has 0 fully saturated rings. The molecule has 0 spiro atoms. The number of thiazole rings is 1. The molecular weight excluding hydrogens is 232 g/mol. The number of hydrogen-bond acceptors (Lipinski definition) is 4. The molecule has 6 heteroatoms. The van der Waals surface area contributed by atoms with E-state index < -0.39 is 11.6 Å². The summed E-state index contributed by atoms with van der Waals surface area (Å²) in [6.07, 6.45) is 1.66. The van der Waals surface area contributed by atoms with Gasteiger partial charge in [0.2, 0.25) is 0 Å². The molecule has 0 atom stereocenters. The van der Waals surface area contributed by atoms with E-state index in [0.717, 1.165) is 18.0 Å². The largest absolute Gasteiger partial charge is 0.367 e. The average molecular weight is 241 g/mol. The third-order valence-electron chi connectivity index (χ3n) is 1.96. The molecule has 0 saturated heterocycles. The molecule has 0 amide bonds. The summed E-state index contributed by atoms with van der Waals surface area (Å²) in [5.74, 6) is -1.29. The fourth-order valence-corrected chi connectivity index (χ4v) is 1.81. The first-order valence-corrected chi connectivity index (χ1v) is 5.62. The maximum atomic E-state index is 13.1. The lowest BCUT2D eigenvalue weighted by Crippen LogP contribution is -2.08. The van der Waals surface area contributed by atoms with Gasteiger partial charge < -0.3 is 5.32 Å². The van der Waals surface area contributed by atoms with Crippen LogP contribution in [0.25, 0.3) is 0 Å². The van der Waals surface area contributed by atoms with Crippen LogP contribution in [0.15, 0.2) is 23.2 Å². The number of halogens is 2. The Kier molecular flexibility index (Phi) is 3.40. The molecule has 0 aliphatic carbocycles. The Morgan fingerprint density at radius 2 is 2.19 bits per heavy atom. The lowest BCUT2D eigenvalue weighted by atomic mass is 10.3. The van der Waals surface area contributed by atoms with Gasteiger partial charge in [0.25, 0.3) is 0 Å². The molecule has 0 aromatic carbocycles. The van der Waals surface area contributed by atoms with E-state index in [-0.39, 0.29) is 5.82 Å². The molecule has 0 aliphatic heterocycles. The van der Waals surface area contributed by atoms with Crippen LogP contribution in [-0.4, -0.2) is 16.5 Å². The van der Waals surface area contributed by atoms with E-state index in [1.165, 1.54) is 11.3 Å². The van der Waals surface area contributed by atoms with Crippen LogP contribution in [0.2, 0.25) is 0 Å². The summed E-state index contributed by atoms with van der Waals surface area (Å²) in [5, 5.41) is 4.72. The Labute approximate surface area is 95.2 Å². The van der Waals surface area contributed by atoms with Crippen molar-refractivity contribution in [1.82, 2.24) is 9.97 Å². The summed E-state index contributed by atoms with van der Waals surface area (Å²) in [6, 6.07) is 0.804. The van der Waals surface area contributed by atoms with Gasteiger partial charge in [-0.1, -0.05) is 0 Å². The van der Waals surface area contributed by atoms with Crippen LogP contribution >= 0.6 is 11.3 Å². The molecule has 2 aromatic heterocycles. The van der Waals surface area contributed by atoms with Crippen LogP contribution in [0.3, 0.4) is 0 Å². The van der Waals surface area contributed by atoms with Crippen molar-refractivity contribution in [1.29, 1.82) is 0 Å². The molecule has 84 valence electrons. The highest BCUT2D eigenvalue weighted by Crippen LogP contribution is 2.11. The minimum Gasteiger partial charge on any atom is -0.367 e. The second kappa shape index (κ2) is 4.98. The highest BCUT2D eigenvalue weighted by Gasteiger charge is 2.04. The van der Waals surface area contributed by atoms with E-state index in [4.69, 9.17) is 0 Å². The van der Waals surface area contributed by atoms with Gasteiger partial charge in [-0.3, -0.25) is 0 Å². The number of nitrogens with zero attached hydrogens (tertiary/aromatic N) is 2. The van der Waals surface area contributed by atoms with Gasteiger partial charge in [-0.15, -0.1) is 11.3 Å². The minimum absolute atomic E-state index is 0.0663. The Morgan fingerprint density at radius 3 is 2.88 bits per heavy atom. The van der Waals surface area contributed by atoms with Crippen molar-refractivity contribution < 1.29 is 8.78 Å². The number of aromatic nitrogens is 2. The smallest absolute Gasteiger partial charge is 0.168 e. The molecule has 2 rings (SSSR count). The summed E-state index contributed by atoms with van der Waals surface area (Å²) in [5.41, 5.74) is 2.69. The van der Waals surface area contributed by atoms with Gasteiger partial charge in [-0.25, -0.2) is 18.7 Å².